The van der Waals surface area contributed by atoms with Crippen molar-refractivity contribution in [3.8, 4) is 0 Å². The summed E-state index contributed by atoms with van der Waals surface area (Å²) < 4.78 is 14.6. The highest BCUT2D eigenvalue weighted by Gasteiger charge is 2.32. The van der Waals surface area contributed by atoms with E-state index in [2.05, 4.69) is 53.9 Å². The molecule has 1 saturated carbocycles. The second kappa shape index (κ2) is 13.3. The molecule has 0 bridgehead atoms. The number of fused-ring (bicyclic) bond motifs is 1. The van der Waals surface area contributed by atoms with Gasteiger partial charge in [-0.05, 0) is 67.2 Å². The Morgan fingerprint density at radius 3 is 2.94 bits per heavy atom. The van der Waals surface area contributed by atoms with Gasteiger partial charge in [0.1, 0.15) is 0 Å². The summed E-state index contributed by atoms with van der Waals surface area (Å²) >= 11 is 3.49. The maximum absolute atomic E-state index is 12.2. The number of aromatic nitrogens is 1. The fraction of sp³-hybridized carbons (Fsp3) is 0.692. The van der Waals surface area contributed by atoms with Crippen molar-refractivity contribution in [2.75, 3.05) is 38.2 Å². The molecule has 1 saturated heterocycles. The van der Waals surface area contributed by atoms with Crippen LogP contribution < -0.4 is 10.6 Å². The molecule has 0 spiro atoms. The molecule has 3 atom stereocenters. The maximum atomic E-state index is 12.2. The van der Waals surface area contributed by atoms with Crippen LogP contribution in [-0.4, -0.2) is 65.7 Å². The molecule has 2 aliphatic rings. The number of nitrogens with one attached hydrogen (secondary N) is 2. The van der Waals surface area contributed by atoms with E-state index in [0.717, 1.165) is 36.6 Å². The van der Waals surface area contributed by atoms with Crippen LogP contribution in [0.5, 0.6) is 0 Å². The molecule has 1 aromatic heterocycles. The van der Waals surface area contributed by atoms with Gasteiger partial charge in [0.25, 0.3) is 0 Å². The number of hydrogen-bond donors (Lipinski definition) is 3. The topological polar surface area (TPSA) is 95.9 Å². The van der Waals surface area contributed by atoms with Crippen LogP contribution >= 0.6 is 23.3 Å². The molecule has 1 aromatic carbocycles. The van der Waals surface area contributed by atoms with E-state index >= 15 is 0 Å². The van der Waals surface area contributed by atoms with Crippen molar-refractivity contribution < 1.29 is 19.4 Å². The first-order valence-electron chi connectivity index (χ1n) is 13.2. The normalized spacial score (nSPS) is 20.8. The molecule has 1 amide bonds. The minimum absolute atomic E-state index is 0.144. The Labute approximate surface area is 222 Å². The molecular formula is C26H40N4O4S2. The molecule has 10 heteroatoms. The molecule has 2 heterocycles. The quantitative estimate of drug-likeness (QED) is 0.220. The lowest BCUT2D eigenvalue weighted by Gasteiger charge is -2.23. The standard InChI is InChI=1S/C26H40N4O4S2/c1-4-18(15-31)19-12-24(33-16-19)34-26(32)27-10-5-11-30(14-17(2)3)36-21-8-9-22-23(13-21)35-25(29-22)28-20-6-7-20/h8-9,13,17-20,24,31H,4-7,10-12,14-16H2,1-3H3,(H,27,32)(H,28,29). The molecular weight excluding hydrogens is 496 g/mol. The van der Waals surface area contributed by atoms with E-state index in [1.165, 1.54) is 22.4 Å². The molecule has 0 radical (unpaired) electrons. The summed E-state index contributed by atoms with van der Waals surface area (Å²) in [5.41, 5.74) is 1.05. The minimum Gasteiger partial charge on any atom is -0.420 e. The minimum atomic E-state index is -0.523. The Bertz CT molecular complexity index is 980. The Hall–Kier alpha value is -1.59. The third kappa shape index (κ3) is 8.21. The summed E-state index contributed by atoms with van der Waals surface area (Å²) in [6.45, 7) is 9.54. The summed E-state index contributed by atoms with van der Waals surface area (Å²) in [6.07, 6.45) is 3.89. The van der Waals surface area contributed by atoms with Crippen LogP contribution in [0.3, 0.4) is 0 Å². The molecule has 1 aliphatic heterocycles. The van der Waals surface area contributed by atoms with Gasteiger partial charge in [-0.2, -0.15) is 0 Å². The number of carbonyl (C=O) groups is 1. The Balaban J connectivity index is 1.20. The predicted molar refractivity (Wildman–Crippen MR) is 146 cm³/mol. The van der Waals surface area contributed by atoms with Crippen molar-refractivity contribution in [3.63, 3.8) is 0 Å². The van der Waals surface area contributed by atoms with Crippen LogP contribution in [0.25, 0.3) is 10.2 Å². The number of nitrogens with zero attached hydrogens (tertiary/aromatic N) is 2. The number of hydrogen-bond acceptors (Lipinski definition) is 9. The predicted octanol–water partition coefficient (Wildman–Crippen LogP) is 5.33. The first-order chi connectivity index (χ1) is 17.4. The van der Waals surface area contributed by atoms with Gasteiger partial charge < -0.3 is 25.2 Å². The van der Waals surface area contributed by atoms with Crippen molar-refractivity contribution in [1.82, 2.24) is 14.6 Å². The van der Waals surface area contributed by atoms with E-state index in [0.29, 0.717) is 31.5 Å². The number of aliphatic hydroxyl groups is 1. The first kappa shape index (κ1) is 27.4. The van der Waals surface area contributed by atoms with Crippen LogP contribution in [0, 0.1) is 17.8 Å². The molecule has 3 N–H and O–H groups in total. The fourth-order valence-electron chi connectivity index (χ4n) is 4.40. The summed E-state index contributed by atoms with van der Waals surface area (Å²) in [7, 11) is 0. The highest BCUT2D eigenvalue weighted by atomic mass is 32.2. The van der Waals surface area contributed by atoms with E-state index in [1.54, 1.807) is 23.3 Å². The first-order valence-corrected chi connectivity index (χ1v) is 14.8. The molecule has 8 nitrogen and oxygen atoms in total. The number of thiazole rings is 1. The van der Waals surface area contributed by atoms with Gasteiger partial charge in [0.15, 0.2) is 5.13 Å². The number of alkyl carbamates (subject to hydrolysis) is 1. The van der Waals surface area contributed by atoms with Crippen LogP contribution in [0.4, 0.5) is 9.93 Å². The van der Waals surface area contributed by atoms with E-state index in [9.17, 15) is 9.90 Å². The van der Waals surface area contributed by atoms with E-state index in [1.807, 2.05) is 0 Å². The Morgan fingerprint density at radius 1 is 1.39 bits per heavy atom. The summed E-state index contributed by atoms with van der Waals surface area (Å²) in [5.74, 6) is 0.976. The largest absolute Gasteiger partial charge is 0.420 e. The molecule has 4 rings (SSSR count). The maximum Gasteiger partial charge on any atom is 0.409 e. The number of amides is 1. The molecule has 2 fully saturated rings. The highest BCUT2D eigenvalue weighted by Crippen LogP contribution is 2.34. The van der Waals surface area contributed by atoms with Crippen molar-refractivity contribution >= 4 is 44.7 Å². The van der Waals surface area contributed by atoms with Crippen molar-refractivity contribution in [2.24, 2.45) is 17.8 Å². The molecule has 1 aliphatic carbocycles. The number of carbonyl (C=O) groups excluding carboxylic acids is 1. The van der Waals surface area contributed by atoms with Crippen molar-refractivity contribution in [1.29, 1.82) is 0 Å². The van der Waals surface area contributed by atoms with Crippen LogP contribution in [0.1, 0.15) is 52.9 Å². The van der Waals surface area contributed by atoms with Gasteiger partial charge in [0, 0.05) is 43.6 Å². The van der Waals surface area contributed by atoms with E-state index in [4.69, 9.17) is 14.5 Å². The number of rotatable bonds is 14. The van der Waals surface area contributed by atoms with Crippen LogP contribution in [0.2, 0.25) is 0 Å². The van der Waals surface area contributed by atoms with E-state index < -0.39 is 12.4 Å². The lowest BCUT2D eigenvalue weighted by atomic mass is 9.90. The summed E-state index contributed by atoms with van der Waals surface area (Å²) in [6, 6.07) is 7.09. The second-order valence-electron chi connectivity index (χ2n) is 10.2. The van der Waals surface area contributed by atoms with Crippen LogP contribution in [-0.2, 0) is 9.47 Å². The zero-order valence-electron chi connectivity index (χ0n) is 21.6. The number of benzene rings is 1. The van der Waals surface area contributed by atoms with Gasteiger partial charge in [-0.1, -0.05) is 38.5 Å². The van der Waals surface area contributed by atoms with Crippen molar-refractivity contribution in [2.45, 2.75) is 70.1 Å². The Kier molecular flexibility index (Phi) is 10.1. The van der Waals surface area contributed by atoms with Crippen molar-refractivity contribution in [3.05, 3.63) is 18.2 Å². The molecule has 2 aromatic rings. The molecule has 200 valence electrons. The lowest BCUT2D eigenvalue weighted by Crippen LogP contribution is -2.31. The van der Waals surface area contributed by atoms with Gasteiger partial charge in [0.05, 0.1) is 16.8 Å². The van der Waals surface area contributed by atoms with Gasteiger partial charge >= 0.3 is 6.09 Å². The molecule has 3 unspecified atom stereocenters. The van der Waals surface area contributed by atoms with Gasteiger partial charge in [-0.25, -0.2) is 14.1 Å². The number of aliphatic hydroxyl groups excluding tert-OH is 1. The van der Waals surface area contributed by atoms with Gasteiger partial charge in [-0.3, -0.25) is 0 Å². The second-order valence-corrected chi connectivity index (χ2v) is 12.4. The van der Waals surface area contributed by atoms with E-state index in [-0.39, 0.29) is 18.4 Å². The smallest absolute Gasteiger partial charge is 0.409 e. The van der Waals surface area contributed by atoms with Crippen LogP contribution in [0.15, 0.2) is 23.1 Å². The molecule has 36 heavy (non-hydrogen) atoms. The monoisotopic (exact) mass is 536 g/mol. The van der Waals surface area contributed by atoms with Gasteiger partial charge in [-0.15, -0.1) is 0 Å². The lowest BCUT2D eigenvalue weighted by molar-refractivity contribution is -0.0681. The third-order valence-electron chi connectivity index (χ3n) is 6.58. The number of anilines is 1. The highest BCUT2D eigenvalue weighted by molar-refractivity contribution is 7.97. The average Bonchev–Trinajstić information content (AvgIpc) is 3.38. The SMILES string of the molecule is CCC(CO)C1COC(OC(=O)NCCCN(CC(C)C)Sc2ccc3nc(NC4CC4)sc3c2)C1. The fourth-order valence-corrected chi connectivity index (χ4v) is 6.65. The number of ether oxygens (including phenoxy) is 2. The zero-order valence-corrected chi connectivity index (χ0v) is 23.2. The Morgan fingerprint density at radius 2 is 2.22 bits per heavy atom. The third-order valence-corrected chi connectivity index (χ3v) is 8.58. The summed E-state index contributed by atoms with van der Waals surface area (Å²) in [5, 5.41) is 16.9. The average molecular weight is 537 g/mol. The summed E-state index contributed by atoms with van der Waals surface area (Å²) in [4.78, 5) is 18.1. The zero-order chi connectivity index (χ0) is 25.5. The van der Waals surface area contributed by atoms with Gasteiger partial charge in [0.2, 0.25) is 6.29 Å².